The van der Waals surface area contributed by atoms with Gasteiger partial charge in [-0.25, -0.2) is 4.98 Å². The molecule has 5 nitrogen and oxygen atoms in total. The van der Waals surface area contributed by atoms with Crippen LogP contribution in [0.25, 0.3) is 0 Å². The average Bonchev–Trinajstić information content (AvgIpc) is 2.25. The number of halogens is 2. The lowest BCUT2D eigenvalue weighted by molar-refractivity contribution is -0.118. The monoisotopic (exact) mass is 279 g/mol. The number of hydrogen-bond acceptors (Lipinski definition) is 4. The summed E-state index contributed by atoms with van der Waals surface area (Å²) in [5.74, 6) is -0.285. The number of hydrogen-bond donors (Lipinski definition) is 1. The van der Waals surface area contributed by atoms with E-state index in [9.17, 15) is 4.79 Å². The molecule has 1 N–H and O–H groups in total. The second-order valence-electron chi connectivity index (χ2n) is 3.41. The number of ether oxygens (including phenoxy) is 1. The van der Waals surface area contributed by atoms with Gasteiger partial charge in [0.1, 0.15) is 5.88 Å². The van der Waals surface area contributed by atoms with E-state index in [-0.39, 0.29) is 30.3 Å². The molecule has 1 rings (SSSR count). The Kier molecular flexibility index (Phi) is 7.58. The summed E-state index contributed by atoms with van der Waals surface area (Å²) in [5, 5.41) is 2.61. The Morgan fingerprint density at radius 2 is 2.29 bits per heavy atom. The first-order valence-corrected chi connectivity index (χ1v) is 5.46. The van der Waals surface area contributed by atoms with Crippen molar-refractivity contribution in [3.05, 3.63) is 18.0 Å². The number of rotatable bonds is 5. The lowest BCUT2D eigenvalue weighted by Gasteiger charge is -2.08. The number of alkyl halides is 1. The standard InChI is InChI=1S/C10H14ClN3O2.ClH/c1-7(2)16-10-12-4-3-8(14-10)6-13-9(15)5-11;/h3-4,7H,5-6H2,1-2H3,(H,13,15);1H. The van der Waals surface area contributed by atoms with E-state index in [0.717, 1.165) is 0 Å². The van der Waals surface area contributed by atoms with Gasteiger partial charge >= 0.3 is 6.01 Å². The van der Waals surface area contributed by atoms with E-state index in [1.54, 1.807) is 12.3 Å². The van der Waals surface area contributed by atoms with E-state index in [2.05, 4.69) is 15.3 Å². The molecule has 0 aliphatic rings. The van der Waals surface area contributed by atoms with Crippen molar-refractivity contribution in [2.45, 2.75) is 26.5 Å². The predicted octanol–water partition coefficient (Wildman–Crippen LogP) is 1.54. The Morgan fingerprint density at radius 3 is 2.88 bits per heavy atom. The van der Waals surface area contributed by atoms with Crippen LogP contribution in [0.15, 0.2) is 12.3 Å². The predicted molar refractivity (Wildman–Crippen MR) is 67.6 cm³/mol. The average molecular weight is 280 g/mol. The summed E-state index contributed by atoms with van der Waals surface area (Å²) in [6.07, 6.45) is 1.61. The highest BCUT2D eigenvalue weighted by atomic mass is 35.5. The molecule has 17 heavy (non-hydrogen) atoms. The van der Waals surface area contributed by atoms with Crippen molar-refractivity contribution in [3.8, 4) is 6.01 Å². The summed E-state index contributed by atoms with van der Waals surface area (Å²) >= 11 is 5.35. The largest absolute Gasteiger partial charge is 0.461 e. The number of nitrogens with one attached hydrogen (secondary N) is 1. The number of aromatic nitrogens is 2. The number of amides is 1. The molecule has 1 aromatic rings. The van der Waals surface area contributed by atoms with E-state index >= 15 is 0 Å². The minimum absolute atomic E-state index is 0. The first-order chi connectivity index (χ1) is 7.61. The van der Waals surface area contributed by atoms with Crippen molar-refractivity contribution in [2.24, 2.45) is 0 Å². The zero-order chi connectivity index (χ0) is 12.0. The molecular weight excluding hydrogens is 265 g/mol. The first-order valence-electron chi connectivity index (χ1n) is 4.93. The van der Waals surface area contributed by atoms with Crippen molar-refractivity contribution in [1.29, 1.82) is 0 Å². The van der Waals surface area contributed by atoms with E-state index in [4.69, 9.17) is 16.3 Å². The maximum atomic E-state index is 10.9. The Bertz CT molecular complexity index is 361. The molecule has 0 atom stereocenters. The highest BCUT2D eigenvalue weighted by molar-refractivity contribution is 6.27. The Balaban J connectivity index is 0.00000256. The molecule has 0 aliphatic heterocycles. The van der Waals surface area contributed by atoms with Crippen LogP contribution in [-0.2, 0) is 11.3 Å². The molecule has 96 valence electrons. The molecule has 0 saturated carbocycles. The zero-order valence-electron chi connectivity index (χ0n) is 9.64. The first kappa shape index (κ1) is 15.9. The third-order valence-corrected chi connectivity index (χ3v) is 1.86. The van der Waals surface area contributed by atoms with Gasteiger partial charge in [0.2, 0.25) is 5.91 Å². The third-order valence-electron chi connectivity index (χ3n) is 1.62. The van der Waals surface area contributed by atoms with Gasteiger partial charge in [0.25, 0.3) is 0 Å². The summed E-state index contributed by atoms with van der Waals surface area (Å²) in [6.45, 7) is 4.11. The van der Waals surface area contributed by atoms with Crippen molar-refractivity contribution in [1.82, 2.24) is 15.3 Å². The highest BCUT2D eigenvalue weighted by Gasteiger charge is 2.04. The van der Waals surface area contributed by atoms with Crippen LogP contribution in [0.4, 0.5) is 0 Å². The van der Waals surface area contributed by atoms with Gasteiger partial charge in [0.05, 0.1) is 18.3 Å². The molecule has 0 radical (unpaired) electrons. The quantitative estimate of drug-likeness (QED) is 0.831. The minimum Gasteiger partial charge on any atom is -0.461 e. The van der Waals surface area contributed by atoms with Crippen LogP contribution in [-0.4, -0.2) is 27.9 Å². The van der Waals surface area contributed by atoms with Gasteiger partial charge in [-0.15, -0.1) is 24.0 Å². The zero-order valence-corrected chi connectivity index (χ0v) is 11.2. The fourth-order valence-electron chi connectivity index (χ4n) is 0.978. The maximum absolute atomic E-state index is 10.9. The van der Waals surface area contributed by atoms with Gasteiger partial charge in [-0.05, 0) is 19.9 Å². The van der Waals surface area contributed by atoms with Crippen molar-refractivity contribution in [2.75, 3.05) is 5.88 Å². The lowest BCUT2D eigenvalue weighted by atomic mass is 10.4. The number of carbonyl (C=O) groups excluding carboxylic acids is 1. The van der Waals surface area contributed by atoms with Crippen LogP contribution in [0.1, 0.15) is 19.5 Å². The normalized spacial score (nSPS) is 9.65. The van der Waals surface area contributed by atoms with E-state index in [1.165, 1.54) is 0 Å². The molecule has 0 spiro atoms. The minimum atomic E-state index is -0.230. The molecule has 0 bridgehead atoms. The van der Waals surface area contributed by atoms with Crippen LogP contribution in [0, 0.1) is 0 Å². The van der Waals surface area contributed by atoms with Crippen LogP contribution in [0.5, 0.6) is 6.01 Å². The Labute approximate surface area is 111 Å². The molecule has 0 aliphatic carbocycles. The maximum Gasteiger partial charge on any atom is 0.316 e. The second-order valence-corrected chi connectivity index (χ2v) is 3.67. The number of carbonyl (C=O) groups is 1. The van der Waals surface area contributed by atoms with Crippen molar-refractivity contribution in [3.63, 3.8) is 0 Å². The summed E-state index contributed by atoms with van der Waals surface area (Å²) in [7, 11) is 0. The highest BCUT2D eigenvalue weighted by Crippen LogP contribution is 2.05. The van der Waals surface area contributed by atoms with Gasteiger partial charge < -0.3 is 10.1 Å². The molecule has 1 aromatic heterocycles. The van der Waals surface area contributed by atoms with E-state index < -0.39 is 0 Å². The smallest absolute Gasteiger partial charge is 0.316 e. The summed E-state index contributed by atoms with van der Waals surface area (Å²) in [5.41, 5.74) is 0.684. The van der Waals surface area contributed by atoms with E-state index in [1.807, 2.05) is 13.8 Å². The molecule has 0 saturated heterocycles. The number of nitrogens with zero attached hydrogens (tertiary/aromatic N) is 2. The molecule has 1 amide bonds. The van der Waals surface area contributed by atoms with Crippen LogP contribution >= 0.6 is 24.0 Å². The van der Waals surface area contributed by atoms with Gasteiger partial charge in [0.15, 0.2) is 0 Å². The van der Waals surface area contributed by atoms with Crippen LogP contribution in [0.2, 0.25) is 0 Å². The Morgan fingerprint density at radius 1 is 1.59 bits per heavy atom. The van der Waals surface area contributed by atoms with Crippen LogP contribution < -0.4 is 10.1 Å². The summed E-state index contributed by atoms with van der Waals surface area (Å²) in [6, 6.07) is 2.02. The molecule has 0 fully saturated rings. The lowest BCUT2D eigenvalue weighted by Crippen LogP contribution is -2.24. The van der Waals surface area contributed by atoms with Crippen molar-refractivity contribution < 1.29 is 9.53 Å². The molecule has 1 heterocycles. The fourth-order valence-corrected chi connectivity index (χ4v) is 1.07. The van der Waals surface area contributed by atoms with Gasteiger partial charge in [-0.2, -0.15) is 4.98 Å². The third kappa shape index (κ3) is 6.28. The second kappa shape index (κ2) is 8.08. The topological polar surface area (TPSA) is 64.1 Å². The fraction of sp³-hybridized carbons (Fsp3) is 0.500. The molecular formula is C10H15Cl2N3O2. The molecule has 0 unspecified atom stereocenters. The Hall–Kier alpha value is -1.07. The summed E-state index contributed by atoms with van der Waals surface area (Å²) < 4.78 is 5.33. The molecule has 0 aromatic carbocycles. The van der Waals surface area contributed by atoms with Gasteiger partial charge in [-0.3, -0.25) is 4.79 Å². The summed E-state index contributed by atoms with van der Waals surface area (Å²) in [4.78, 5) is 19.0. The SMILES string of the molecule is CC(C)Oc1nccc(CNC(=O)CCl)n1.Cl. The van der Waals surface area contributed by atoms with Crippen LogP contribution in [0.3, 0.4) is 0 Å². The van der Waals surface area contributed by atoms with E-state index in [0.29, 0.717) is 18.2 Å². The van der Waals surface area contributed by atoms with Crippen molar-refractivity contribution >= 4 is 29.9 Å². The molecule has 7 heteroatoms. The van der Waals surface area contributed by atoms with Gasteiger partial charge in [0, 0.05) is 6.20 Å². The van der Waals surface area contributed by atoms with Gasteiger partial charge in [-0.1, -0.05) is 0 Å².